The van der Waals surface area contributed by atoms with E-state index < -0.39 is 12.1 Å². The van der Waals surface area contributed by atoms with Crippen molar-refractivity contribution in [1.82, 2.24) is 20.5 Å². The Morgan fingerprint density at radius 1 is 1.19 bits per heavy atom. The van der Waals surface area contributed by atoms with Crippen molar-refractivity contribution in [1.29, 1.82) is 0 Å². The quantitative estimate of drug-likeness (QED) is 0.735. The van der Waals surface area contributed by atoms with Crippen LogP contribution in [0.2, 0.25) is 0 Å². The average Bonchev–Trinajstić information content (AvgIpc) is 2.99. The van der Waals surface area contributed by atoms with Crippen molar-refractivity contribution in [2.45, 2.75) is 38.4 Å². The Labute approximate surface area is 157 Å². The molecule has 0 bridgehead atoms. The monoisotopic (exact) mass is 366 g/mol. The van der Waals surface area contributed by atoms with Crippen LogP contribution >= 0.6 is 0 Å². The molecule has 1 aliphatic heterocycles. The second-order valence-electron chi connectivity index (χ2n) is 6.43. The molecule has 2 unspecified atom stereocenters. The molecule has 0 spiro atoms. The summed E-state index contributed by atoms with van der Waals surface area (Å²) >= 11 is 0. The fourth-order valence-electron chi connectivity index (χ4n) is 3.05. The molecule has 0 radical (unpaired) electrons. The number of benzene rings is 1. The van der Waals surface area contributed by atoms with Gasteiger partial charge in [-0.2, -0.15) is 0 Å². The van der Waals surface area contributed by atoms with Gasteiger partial charge in [-0.25, -0.2) is 4.79 Å². The average molecular weight is 366 g/mol. The van der Waals surface area contributed by atoms with Crippen molar-refractivity contribution >= 4 is 17.8 Å². The van der Waals surface area contributed by atoms with Crippen molar-refractivity contribution in [2.75, 3.05) is 0 Å². The highest BCUT2D eigenvalue weighted by molar-refractivity contribution is 6.04. The van der Waals surface area contributed by atoms with Gasteiger partial charge in [0.15, 0.2) is 0 Å². The topological polar surface area (TPSA) is 91.4 Å². The standard InChI is InChI=1S/C20H22N4O3/c1-14(15-7-3-2-4-8-15)24-19(26)17(23-20(24)27)10-11-18(25)22-13-16-9-5-6-12-21-16/h2-9,12,14,17H,10-11,13H2,1H3,(H,22,25)(H,23,27). The van der Waals surface area contributed by atoms with Crippen molar-refractivity contribution in [2.24, 2.45) is 0 Å². The van der Waals surface area contributed by atoms with Gasteiger partial charge in [-0.05, 0) is 31.0 Å². The van der Waals surface area contributed by atoms with E-state index in [0.717, 1.165) is 11.3 Å². The first kappa shape index (κ1) is 18.6. The SMILES string of the molecule is CC(c1ccccc1)N1C(=O)NC(CCC(=O)NCc2ccccn2)C1=O. The van der Waals surface area contributed by atoms with Crippen LogP contribution in [0.3, 0.4) is 0 Å². The van der Waals surface area contributed by atoms with E-state index in [1.807, 2.05) is 55.5 Å². The fraction of sp³-hybridized carbons (Fsp3) is 0.300. The minimum Gasteiger partial charge on any atom is -0.350 e. The van der Waals surface area contributed by atoms with Gasteiger partial charge < -0.3 is 10.6 Å². The van der Waals surface area contributed by atoms with Crippen LogP contribution in [0.25, 0.3) is 0 Å². The first-order chi connectivity index (χ1) is 13.1. The van der Waals surface area contributed by atoms with E-state index in [1.165, 1.54) is 4.90 Å². The number of imide groups is 1. The maximum atomic E-state index is 12.6. The predicted molar refractivity (Wildman–Crippen MR) is 99.3 cm³/mol. The summed E-state index contributed by atoms with van der Waals surface area (Å²) in [5.41, 5.74) is 1.65. The smallest absolute Gasteiger partial charge is 0.325 e. The minimum absolute atomic E-state index is 0.150. The Balaban J connectivity index is 1.52. The van der Waals surface area contributed by atoms with Crippen LogP contribution < -0.4 is 10.6 Å². The van der Waals surface area contributed by atoms with Crippen molar-refractivity contribution in [3.8, 4) is 0 Å². The van der Waals surface area contributed by atoms with Crippen LogP contribution in [0, 0.1) is 0 Å². The third-order valence-electron chi connectivity index (χ3n) is 4.57. The van der Waals surface area contributed by atoms with Crippen LogP contribution in [0.4, 0.5) is 4.79 Å². The molecule has 1 fully saturated rings. The molecule has 140 valence electrons. The van der Waals surface area contributed by atoms with Gasteiger partial charge in [0.1, 0.15) is 6.04 Å². The van der Waals surface area contributed by atoms with Crippen LogP contribution in [-0.4, -0.2) is 33.8 Å². The zero-order chi connectivity index (χ0) is 19.2. The number of rotatable bonds is 7. The molecule has 2 atom stereocenters. The van der Waals surface area contributed by atoms with Gasteiger partial charge in [0, 0.05) is 12.6 Å². The number of pyridine rings is 1. The van der Waals surface area contributed by atoms with Gasteiger partial charge in [-0.1, -0.05) is 36.4 Å². The summed E-state index contributed by atoms with van der Waals surface area (Å²) in [5.74, 6) is -0.480. The number of carbonyl (C=O) groups is 3. The zero-order valence-corrected chi connectivity index (χ0v) is 15.1. The Kier molecular flexibility index (Phi) is 5.80. The molecular formula is C20H22N4O3. The van der Waals surface area contributed by atoms with E-state index in [1.54, 1.807) is 6.20 Å². The largest absolute Gasteiger partial charge is 0.350 e. The molecule has 7 heteroatoms. The lowest BCUT2D eigenvalue weighted by Crippen LogP contribution is -2.34. The Morgan fingerprint density at radius 3 is 2.63 bits per heavy atom. The molecule has 0 aliphatic carbocycles. The molecule has 1 aromatic heterocycles. The summed E-state index contributed by atoms with van der Waals surface area (Å²) in [5, 5.41) is 5.45. The molecule has 2 aromatic rings. The van der Waals surface area contributed by atoms with E-state index in [-0.39, 0.29) is 30.7 Å². The number of amides is 4. The van der Waals surface area contributed by atoms with Crippen LogP contribution in [0.15, 0.2) is 54.7 Å². The lowest BCUT2D eigenvalue weighted by molar-refractivity contribution is -0.129. The first-order valence-electron chi connectivity index (χ1n) is 8.91. The van der Waals surface area contributed by atoms with Gasteiger partial charge in [0.2, 0.25) is 5.91 Å². The number of urea groups is 1. The molecule has 0 saturated carbocycles. The van der Waals surface area contributed by atoms with Crippen LogP contribution in [-0.2, 0) is 16.1 Å². The van der Waals surface area contributed by atoms with Crippen LogP contribution in [0.5, 0.6) is 0 Å². The molecular weight excluding hydrogens is 344 g/mol. The highest BCUT2D eigenvalue weighted by Gasteiger charge is 2.40. The van der Waals surface area contributed by atoms with Crippen molar-refractivity contribution < 1.29 is 14.4 Å². The first-order valence-corrected chi connectivity index (χ1v) is 8.91. The van der Waals surface area contributed by atoms with Gasteiger partial charge in [0.25, 0.3) is 5.91 Å². The minimum atomic E-state index is -0.677. The molecule has 3 rings (SSSR count). The summed E-state index contributed by atoms with van der Waals surface area (Å²) < 4.78 is 0. The number of aromatic nitrogens is 1. The molecule has 7 nitrogen and oxygen atoms in total. The van der Waals surface area contributed by atoms with Gasteiger partial charge in [-0.3, -0.25) is 19.5 Å². The van der Waals surface area contributed by atoms with Crippen molar-refractivity contribution in [3.05, 3.63) is 66.0 Å². The number of carbonyl (C=O) groups excluding carboxylic acids is 3. The predicted octanol–water partition coefficient (Wildman–Crippen LogP) is 2.16. The molecule has 4 amide bonds. The maximum Gasteiger partial charge on any atom is 0.325 e. The number of nitrogens with zero attached hydrogens (tertiary/aromatic N) is 2. The summed E-state index contributed by atoms with van der Waals surface area (Å²) in [6.07, 6.45) is 2.07. The highest BCUT2D eigenvalue weighted by atomic mass is 16.2. The number of hydrogen-bond donors (Lipinski definition) is 2. The molecule has 1 aliphatic rings. The van der Waals surface area contributed by atoms with E-state index in [2.05, 4.69) is 15.6 Å². The van der Waals surface area contributed by atoms with E-state index in [4.69, 9.17) is 0 Å². The summed E-state index contributed by atoms with van der Waals surface area (Å²) in [7, 11) is 0. The third-order valence-corrected chi connectivity index (χ3v) is 4.57. The van der Waals surface area contributed by atoms with Crippen molar-refractivity contribution in [3.63, 3.8) is 0 Å². The molecule has 2 heterocycles. The lowest BCUT2D eigenvalue weighted by Gasteiger charge is -2.21. The number of nitrogens with one attached hydrogen (secondary N) is 2. The zero-order valence-electron chi connectivity index (χ0n) is 15.1. The highest BCUT2D eigenvalue weighted by Crippen LogP contribution is 2.25. The normalized spacial score (nSPS) is 17.5. The van der Waals surface area contributed by atoms with E-state index >= 15 is 0 Å². The maximum absolute atomic E-state index is 12.6. The van der Waals surface area contributed by atoms with Gasteiger partial charge in [-0.15, -0.1) is 0 Å². The summed E-state index contributed by atoms with van der Waals surface area (Å²) in [6.45, 7) is 2.15. The third kappa shape index (κ3) is 4.49. The van der Waals surface area contributed by atoms with E-state index in [0.29, 0.717) is 6.54 Å². The second kappa shape index (κ2) is 8.44. The lowest BCUT2D eigenvalue weighted by atomic mass is 10.1. The number of hydrogen-bond acceptors (Lipinski definition) is 4. The molecule has 1 aromatic carbocycles. The summed E-state index contributed by atoms with van der Waals surface area (Å²) in [6, 6.07) is 13.4. The van der Waals surface area contributed by atoms with Gasteiger partial charge >= 0.3 is 6.03 Å². The summed E-state index contributed by atoms with van der Waals surface area (Å²) in [4.78, 5) is 42.3. The van der Waals surface area contributed by atoms with Crippen LogP contribution in [0.1, 0.15) is 37.1 Å². The Hall–Kier alpha value is -3.22. The molecule has 27 heavy (non-hydrogen) atoms. The van der Waals surface area contributed by atoms with Gasteiger partial charge in [0.05, 0.1) is 18.3 Å². The Bertz CT molecular complexity index is 810. The molecule has 2 N–H and O–H groups in total. The van der Waals surface area contributed by atoms with E-state index in [9.17, 15) is 14.4 Å². The Morgan fingerprint density at radius 2 is 1.93 bits per heavy atom. The molecule has 1 saturated heterocycles. The second-order valence-corrected chi connectivity index (χ2v) is 6.43. The fourth-order valence-corrected chi connectivity index (χ4v) is 3.05.